The lowest BCUT2D eigenvalue weighted by Crippen LogP contribution is -2.50. The molecule has 3 aromatic heterocycles. The normalized spacial score (nSPS) is 16.8. The third kappa shape index (κ3) is 3.70. The molecule has 2 saturated heterocycles. The summed E-state index contributed by atoms with van der Waals surface area (Å²) in [7, 11) is 0. The Bertz CT molecular complexity index is 1200. The molecular formula is C23H24N6O3. The summed E-state index contributed by atoms with van der Waals surface area (Å²) in [6.07, 6.45) is 8.01. The van der Waals surface area contributed by atoms with Gasteiger partial charge in [-0.2, -0.15) is 5.10 Å². The van der Waals surface area contributed by atoms with Crippen LogP contribution in [0.4, 0.5) is 0 Å². The van der Waals surface area contributed by atoms with E-state index in [1.807, 2.05) is 23.1 Å². The maximum atomic E-state index is 13.0. The van der Waals surface area contributed by atoms with Crippen molar-refractivity contribution in [2.45, 2.75) is 19.3 Å². The monoisotopic (exact) mass is 432 g/mol. The molecule has 0 aromatic carbocycles. The van der Waals surface area contributed by atoms with E-state index in [2.05, 4.69) is 15.4 Å². The summed E-state index contributed by atoms with van der Waals surface area (Å²) in [6, 6.07) is 7.39. The zero-order valence-corrected chi connectivity index (χ0v) is 17.7. The first-order valence-corrected chi connectivity index (χ1v) is 10.9. The van der Waals surface area contributed by atoms with Crippen molar-refractivity contribution in [2.75, 3.05) is 32.7 Å². The Hall–Kier alpha value is -3.75. The van der Waals surface area contributed by atoms with E-state index < -0.39 is 0 Å². The summed E-state index contributed by atoms with van der Waals surface area (Å²) in [5.41, 5.74) is 3.16. The highest BCUT2D eigenvalue weighted by Gasteiger charge is 2.24. The topological polar surface area (TPSA) is 99.9 Å². The van der Waals surface area contributed by atoms with Crippen LogP contribution in [0.5, 0.6) is 0 Å². The molecule has 2 aliphatic heterocycles. The number of piperidine rings is 1. The van der Waals surface area contributed by atoms with Gasteiger partial charge in [0.1, 0.15) is 0 Å². The number of pyridine rings is 2. The van der Waals surface area contributed by atoms with Crippen molar-refractivity contribution in [1.29, 1.82) is 0 Å². The smallest absolute Gasteiger partial charge is 0.257 e. The molecule has 2 fully saturated rings. The molecule has 0 unspecified atom stereocenters. The molecule has 9 heteroatoms. The second-order valence-corrected chi connectivity index (χ2v) is 8.16. The van der Waals surface area contributed by atoms with Gasteiger partial charge < -0.3 is 15.1 Å². The van der Waals surface area contributed by atoms with Gasteiger partial charge in [0.2, 0.25) is 5.91 Å². The lowest BCUT2D eigenvalue weighted by molar-refractivity contribution is -0.123. The Morgan fingerprint density at radius 3 is 2.59 bits per heavy atom. The molecule has 0 atom stereocenters. The van der Waals surface area contributed by atoms with Crippen LogP contribution in [-0.2, 0) is 4.79 Å². The number of piperazine rings is 1. The van der Waals surface area contributed by atoms with Gasteiger partial charge in [-0.15, -0.1) is 0 Å². The lowest BCUT2D eigenvalue weighted by Gasteiger charge is -2.26. The summed E-state index contributed by atoms with van der Waals surface area (Å²) in [5, 5.41) is 7.20. The zero-order chi connectivity index (χ0) is 22.1. The molecule has 3 aromatic rings. The number of fused-ring (bicyclic) bond motifs is 1. The maximum Gasteiger partial charge on any atom is 0.257 e. The predicted molar refractivity (Wildman–Crippen MR) is 117 cm³/mol. The van der Waals surface area contributed by atoms with E-state index in [4.69, 9.17) is 0 Å². The molecule has 5 rings (SSSR count). The van der Waals surface area contributed by atoms with Crippen LogP contribution in [0.3, 0.4) is 0 Å². The minimum atomic E-state index is -0.234. The molecule has 0 aliphatic carbocycles. The number of aromatic nitrogens is 3. The largest absolute Gasteiger partial charge is 0.353 e. The number of likely N-dealkylation sites (tertiary alicyclic amines) is 1. The fourth-order valence-electron chi connectivity index (χ4n) is 4.35. The minimum absolute atomic E-state index is 0.00211. The summed E-state index contributed by atoms with van der Waals surface area (Å²) < 4.78 is 1.72. The molecular weight excluding hydrogens is 408 g/mol. The van der Waals surface area contributed by atoms with Gasteiger partial charge >= 0.3 is 0 Å². The first kappa shape index (κ1) is 20.2. The van der Waals surface area contributed by atoms with E-state index in [-0.39, 0.29) is 24.3 Å². The number of carbonyl (C=O) groups excluding carboxylic acids is 3. The van der Waals surface area contributed by atoms with Crippen LogP contribution >= 0.6 is 0 Å². The third-order valence-electron chi connectivity index (χ3n) is 6.02. The number of hydrogen-bond acceptors (Lipinski definition) is 5. The third-order valence-corrected chi connectivity index (χ3v) is 6.02. The van der Waals surface area contributed by atoms with E-state index in [1.165, 1.54) is 11.1 Å². The SMILES string of the molecule is O=C1CN(C(=O)c2cncc(-c3cccc4c(C(=O)N5CCCCC5)cnn34)c2)CCN1. The highest BCUT2D eigenvalue weighted by atomic mass is 16.2. The van der Waals surface area contributed by atoms with Gasteiger partial charge in [-0.25, -0.2) is 4.52 Å². The number of hydrogen-bond donors (Lipinski definition) is 1. The lowest BCUT2D eigenvalue weighted by atomic mass is 10.1. The maximum absolute atomic E-state index is 13.0. The fourth-order valence-corrected chi connectivity index (χ4v) is 4.35. The van der Waals surface area contributed by atoms with Crippen LogP contribution in [0.1, 0.15) is 40.0 Å². The van der Waals surface area contributed by atoms with E-state index in [9.17, 15) is 14.4 Å². The second kappa shape index (κ2) is 8.41. The van der Waals surface area contributed by atoms with Crippen molar-refractivity contribution in [3.63, 3.8) is 0 Å². The Morgan fingerprint density at radius 2 is 1.78 bits per heavy atom. The molecule has 5 heterocycles. The van der Waals surface area contributed by atoms with Gasteiger partial charge in [0.05, 0.1) is 35.1 Å². The summed E-state index contributed by atoms with van der Waals surface area (Å²) >= 11 is 0. The van der Waals surface area contributed by atoms with E-state index in [1.54, 1.807) is 23.0 Å². The van der Waals surface area contributed by atoms with Crippen molar-refractivity contribution in [3.8, 4) is 11.3 Å². The summed E-state index contributed by atoms with van der Waals surface area (Å²) in [5.74, 6) is -0.397. The number of amides is 3. The molecule has 164 valence electrons. The highest BCUT2D eigenvalue weighted by Crippen LogP contribution is 2.24. The summed E-state index contributed by atoms with van der Waals surface area (Å²) in [6.45, 7) is 2.50. The molecule has 0 radical (unpaired) electrons. The average Bonchev–Trinajstić information content (AvgIpc) is 3.28. The number of nitrogens with one attached hydrogen (secondary N) is 1. The van der Waals surface area contributed by atoms with Crippen molar-refractivity contribution in [3.05, 3.63) is 54.0 Å². The number of rotatable bonds is 3. The van der Waals surface area contributed by atoms with Crippen LogP contribution < -0.4 is 5.32 Å². The van der Waals surface area contributed by atoms with Gasteiger partial charge in [-0.1, -0.05) is 6.07 Å². The Morgan fingerprint density at radius 1 is 0.938 bits per heavy atom. The molecule has 9 nitrogen and oxygen atoms in total. The first-order chi connectivity index (χ1) is 15.6. The fraction of sp³-hybridized carbons (Fsp3) is 0.348. The quantitative estimate of drug-likeness (QED) is 0.678. The van der Waals surface area contributed by atoms with Crippen molar-refractivity contribution >= 4 is 23.2 Å². The standard InChI is InChI=1S/C23H24N6O3/c30-21-15-28(10-7-25-21)22(31)17-11-16(12-24-13-17)19-5-4-6-20-18(14-26-29(19)20)23(32)27-8-2-1-3-9-27/h4-6,11-14H,1-3,7-10,15H2,(H,25,30). The van der Waals surface area contributed by atoms with Crippen LogP contribution in [0.2, 0.25) is 0 Å². The molecule has 3 amide bonds. The molecule has 1 N–H and O–H groups in total. The molecule has 32 heavy (non-hydrogen) atoms. The molecule has 2 aliphatic rings. The van der Waals surface area contributed by atoms with Crippen LogP contribution in [0.15, 0.2) is 42.9 Å². The van der Waals surface area contributed by atoms with Gasteiger partial charge in [-0.3, -0.25) is 19.4 Å². The molecule has 0 spiro atoms. The van der Waals surface area contributed by atoms with Gasteiger partial charge in [0.25, 0.3) is 11.8 Å². The van der Waals surface area contributed by atoms with Gasteiger partial charge in [0, 0.05) is 44.1 Å². The van der Waals surface area contributed by atoms with Crippen molar-refractivity contribution in [1.82, 2.24) is 29.7 Å². The van der Waals surface area contributed by atoms with E-state index >= 15 is 0 Å². The van der Waals surface area contributed by atoms with Crippen LogP contribution in [0.25, 0.3) is 16.8 Å². The van der Waals surface area contributed by atoms with Crippen molar-refractivity contribution in [2.24, 2.45) is 0 Å². The van der Waals surface area contributed by atoms with E-state index in [0.29, 0.717) is 29.8 Å². The van der Waals surface area contributed by atoms with E-state index in [0.717, 1.165) is 43.6 Å². The Kier molecular flexibility index (Phi) is 5.30. The van der Waals surface area contributed by atoms with Crippen LogP contribution in [0, 0.1) is 0 Å². The second-order valence-electron chi connectivity index (χ2n) is 8.16. The Balaban J connectivity index is 1.47. The van der Waals surface area contributed by atoms with Crippen molar-refractivity contribution < 1.29 is 14.4 Å². The van der Waals surface area contributed by atoms with Gasteiger partial charge in [-0.05, 0) is 37.5 Å². The highest BCUT2D eigenvalue weighted by molar-refractivity contribution is 6.01. The zero-order valence-electron chi connectivity index (χ0n) is 17.7. The Labute approximate surface area is 185 Å². The number of carbonyl (C=O) groups is 3. The number of nitrogens with zero attached hydrogens (tertiary/aromatic N) is 5. The first-order valence-electron chi connectivity index (χ1n) is 10.9. The molecule has 0 bridgehead atoms. The van der Waals surface area contributed by atoms with Crippen LogP contribution in [-0.4, -0.2) is 74.8 Å². The van der Waals surface area contributed by atoms with Gasteiger partial charge in [0.15, 0.2) is 0 Å². The predicted octanol–water partition coefficient (Wildman–Crippen LogP) is 1.59. The minimum Gasteiger partial charge on any atom is -0.353 e. The summed E-state index contributed by atoms with van der Waals surface area (Å²) in [4.78, 5) is 45.3. The average molecular weight is 432 g/mol. The molecule has 0 saturated carbocycles.